The van der Waals surface area contributed by atoms with Crippen molar-refractivity contribution in [3.8, 4) is 0 Å². The summed E-state index contributed by atoms with van der Waals surface area (Å²) in [6.07, 6.45) is 3.31. The largest absolute Gasteiger partial charge is 0.394 e. The number of nitrogens with zero attached hydrogens (tertiary/aromatic N) is 2. The maximum atomic E-state index is 9.58. The first-order valence-corrected chi connectivity index (χ1v) is 8.16. The second kappa shape index (κ2) is 8.32. The first kappa shape index (κ1) is 17.9. The zero-order chi connectivity index (χ0) is 15.2. The SMILES string of the molecule is CCCNC(C)(CO)CCCN1CC(C)C(N(C)C)C1. The highest BCUT2D eigenvalue weighted by atomic mass is 16.3. The van der Waals surface area contributed by atoms with E-state index in [1.165, 1.54) is 13.1 Å². The summed E-state index contributed by atoms with van der Waals surface area (Å²) in [6, 6.07) is 0.692. The van der Waals surface area contributed by atoms with E-state index in [9.17, 15) is 5.11 Å². The Morgan fingerprint density at radius 2 is 2.05 bits per heavy atom. The van der Waals surface area contributed by atoms with Gasteiger partial charge in [0.25, 0.3) is 0 Å². The molecule has 1 heterocycles. The van der Waals surface area contributed by atoms with Crippen LogP contribution in [0.25, 0.3) is 0 Å². The second-order valence-corrected chi connectivity index (χ2v) is 7.02. The Morgan fingerprint density at radius 1 is 1.35 bits per heavy atom. The molecule has 4 heteroatoms. The molecule has 0 spiro atoms. The molecule has 0 amide bonds. The Morgan fingerprint density at radius 3 is 2.55 bits per heavy atom. The van der Waals surface area contributed by atoms with Gasteiger partial charge >= 0.3 is 0 Å². The van der Waals surface area contributed by atoms with Crippen LogP contribution in [0.15, 0.2) is 0 Å². The minimum atomic E-state index is -0.109. The topological polar surface area (TPSA) is 38.7 Å². The van der Waals surface area contributed by atoms with Crippen LogP contribution in [0.3, 0.4) is 0 Å². The molecule has 0 saturated carbocycles. The lowest BCUT2D eigenvalue weighted by Gasteiger charge is -2.29. The molecule has 1 fully saturated rings. The molecule has 1 saturated heterocycles. The van der Waals surface area contributed by atoms with Crippen LogP contribution in [0, 0.1) is 5.92 Å². The zero-order valence-corrected chi connectivity index (χ0v) is 14.2. The molecule has 2 N–H and O–H groups in total. The molecule has 20 heavy (non-hydrogen) atoms. The molecule has 3 atom stereocenters. The van der Waals surface area contributed by atoms with Gasteiger partial charge in [-0.05, 0) is 59.3 Å². The lowest BCUT2D eigenvalue weighted by molar-refractivity contribution is 0.158. The highest BCUT2D eigenvalue weighted by Crippen LogP contribution is 2.21. The van der Waals surface area contributed by atoms with E-state index in [0.717, 1.165) is 38.3 Å². The maximum Gasteiger partial charge on any atom is 0.0610 e. The van der Waals surface area contributed by atoms with Crippen LogP contribution >= 0.6 is 0 Å². The van der Waals surface area contributed by atoms with Crippen LogP contribution in [0.5, 0.6) is 0 Å². The standard InChI is InChI=1S/C16H35N3O/c1-6-9-17-16(3,13-20)8-7-10-19-11-14(2)15(12-19)18(4)5/h14-15,17,20H,6-13H2,1-5H3. The highest BCUT2D eigenvalue weighted by Gasteiger charge is 2.31. The molecule has 1 rings (SSSR count). The van der Waals surface area contributed by atoms with E-state index in [0.29, 0.717) is 6.04 Å². The molecular weight excluding hydrogens is 250 g/mol. The Balaban J connectivity index is 2.30. The summed E-state index contributed by atoms with van der Waals surface area (Å²) in [6.45, 7) is 11.4. The van der Waals surface area contributed by atoms with Gasteiger partial charge in [-0.25, -0.2) is 0 Å². The van der Waals surface area contributed by atoms with Gasteiger partial charge in [0.2, 0.25) is 0 Å². The maximum absolute atomic E-state index is 9.58. The summed E-state index contributed by atoms with van der Waals surface area (Å²) >= 11 is 0. The van der Waals surface area contributed by atoms with Gasteiger partial charge in [0.15, 0.2) is 0 Å². The third-order valence-electron chi connectivity index (χ3n) is 4.67. The summed E-state index contributed by atoms with van der Waals surface area (Å²) in [4.78, 5) is 4.93. The van der Waals surface area contributed by atoms with E-state index < -0.39 is 0 Å². The fraction of sp³-hybridized carbons (Fsp3) is 1.00. The normalized spacial score (nSPS) is 27.1. The van der Waals surface area contributed by atoms with Crippen molar-refractivity contribution in [2.45, 2.75) is 51.6 Å². The Kier molecular flexibility index (Phi) is 7.45. The van der Waals surface area contributed by atoms with Crippen molar-refractivity contribution in [3.05, 3.63) is 0 Å². The number of likely N-dealkylation sites (N-methyl/N-ethyl adjacent to an activating group) is 1. The van der Waals surface area contributed by atoms with Gasteiger partial charge in [-0.2, -0.15) is 0 Å². The molecule has 0 aromatic carbocycles. The van der Waals surface area contributed by atoms with Crippen molar-refractivity contribution >= 4 is 0 Å². The molecule has 120 valence electrons. The van der Waals surface area contributed by atoms with Crippen LogP contribution in [-0.2, 0) is 0 Å². The molecular formula is C16H35N3O. The average molecular weight is 285 g/mol. The van der Waals surface area contributed by atoms with Gasteiger partial charge in [-0.15, -0.1) is 0 Å². The van der Waals surface area contributed by atoms with E-state index in [4.69, 9.17) is 0 Å². The molecule has 4 nitrogen and oxygen atoms in total. The number of likely N-dealkylation sites (tertiary alicyclic amines) is 1. The van der Waals surface area contributed by atoms with Gasteiger partial charge in [0.05, 0.1) is 6.61 Å². The third kappa shape index (κ3) is 5.32. The van der Waals surface area contributed by atoms with Gasteiger partial charge in [-0.3, -0.25) is 0 Å². The average Bonchev–Trinajstić information content (AvgIpc) is 2.78. The predicted molar refractivity (Wildman–Crippen MR) is 86.1 cm³/mol. The van der Waals surface area contributed by atoms with Crippen molar-refractivity contribution in [2.24, 2.45) is 5.92 Å². The first-order valence-electron chi connectivity index (χ1n) is 8.16. The number of rotatable bonds is 9. The van der Waals surface area contributed by atoms with E-state index in [1.807, 2.05) is 0 Å². The quantitative estimate of drug-likeness (QED) is 0.672. The monoisotopic (exact) mass is 285 g/mol. The van der Waals surface area contributed by atoms with Crippen molar-refractivity contribution in [1.29, 1.82) is 0 Å². The van der Waals surface area contributed by atoms with Gasteiger partial charge in [-0.1, -0.05) is 13.8 Å². The lowest BCUT2D eigenvalue weighted by Crippen LogP contribution is -2.46. The summed E-state index contributed by atoms with van der Waals surface area (Å²) in [5, 5.41) is 13.1. The molecule has 3 unspecified atom stereocenters. The number of aliphatic hydroxyl groups is 1. The smallest absolute Gasteiger partial charge is 0.0610 e. The van der Waals surface area contributed by atoms with Crippen molar-refractivity contribution in [2.75, 3.05) is 46.9 Å². The fourth-order valence-corrected chi connectivity index (χ4v) is 3.25. The molecule has 0 aromatic heterocycles. The molecule has 0 aromatic rings. The predicted octanol–water partition coefficient (Wildman–Crippen LogP) is 1.40. The summed E-state index contributed by atoms with van der Waals surface area (Å²) in [5.41, 5.74) is -0.109. The number of aliphatic hydroxyl groups excluding tert-OH is 1. The molecule has 1 aliphatic rings. The number of hydrogen-bond donors (Lipinski definition) is 2. The zero-order valence-electron chi connectivity index (χ0n) is 14.2. The summed E-state index contributed by atoms with van der Waals surface area (Å²) in [5.74, 6) is 0.757. The molecule has 0 radical (unpaired) electrons. The lowest BCUT2D eigenvalue weighted by atomic mass is 9.96. The highest BCUT2D eigenvalue weighted by molar-refractivity contribution is 4.87. The van der Waals surface area contributed by atoms with Gasteiger partial charge in [0.1, 0.15) is 0 Å². The van der Waals surface area contributed by atoms with Crippen LogP contribution < -0.4 is 5.32 Å². The summed E-state index contributed by atoms with van der Waals surface area (Å²) < 4.78 is 0. The molecule has 0 aliphatic carbocycles. The Labute approximate surface area is 125 Å². The second-order valence-electron chi connectivity index (χ2n) is 7.02. The van der Waals surface area contributed by atoms with Gasteiger partial charge < -0.3 is 20.2 Å². The molecule has 0 bridgehead atoms. The van der Waals surface area contributed by atoms with Crippen LogP contribution in [0.4, 0.5) is 0 Å². The van der Waals surface area contributed by atoms with E-state index in [1.54, 1.807) is 0 Å². The van der Waals surface area contributed by atoms with Crippen molar-refractivity contribution in [3.63, 3.8) is 0 Å². The van der Waals surface area contributed by atoms with Crippen molar-refractivity contribution in [1.82, 2.24) is 15.1 Å². The minimum absolute atomic E-state index is 0.109. The van der Waals surface area contributed by atoms with Gasteiger partial charge in [0, 0.05) is 24.7 Å². The van der Waals surface area contributed by atoms with Crippen molar-refractivity contribution < 1.29 is 5.11 Å². The number of nitrogens with one attached hydrogen (secondary N) is 1. The van der Waals surface area contributed by atoms with Crippen LogP contribution in [0.2, 0.25) is 0 Å². The minimum Gasteiger partial charge on any atom is -0.394 e. The molecule has 1 aliphatic heterocycles. The summed E-state index contributed by atoms with van der Waals surface area (Å²) in [7, 11) is 4.37. The van der Waals surface area contributed by atoms with Crippen LogP contribution in [-0.4, -0.2) is 73.4 Å². The Hall–Kier alpha value is -0.160. The van der Waals surface area contributed by atoms with E-state index in [2.05, 4.69) is 50.0 Å². The fourth-order valence-electron chi connectivity index (χ4n) is 3.25. The van der Waals surface area contributed by atoms with Crippen LogP contribution in [0.1, 0.15) is 40.0 Å². The van der Waals surface area contributed by atoms with E-state index in [-0.39, 0.29) is 12.1 Å². The Bertz CT molecular complexity index is 272. The first-order chi connectivity index (χ1) is 9.41. The third-order valence-corrected chi connectivity index (χ3v) is 4.67. The number of hydrogen-bond acceptors (Lipinski definition) is 4. The van der Waals surface area contributed by atoms with E-state index >= 15 is 0 Å².